The fraction of sp³-hybridized carbons (Fsp3) is 0.318. The van der Waals surface area contributed by atoms with E-state index in [-0.39, 0.29) is 5.63 Å². The number of benzene rings is 2. The van der Waals surface area contributed by atoms with Gasteiger partial charge in [-0.1, -0.05) is 30.3 Å². The summed E-state index contributed by atoms with van der Waals surface area (Å²) in [7, 11) is 0. The van der Waals surface area contributed by atoms with E-state index in [2.05, 4.69) is 0 Å². The molecule has 0 amide bonds. The molecule has 0 spiro atoms. The van der Waals surface area contributed by atoms with Crippen LogP contribution in [0.25, 0.3) is 22.1 Å². The third-order valence-corrected chi connectivity index (χ3v) is 5.46. The number of fused-ring (bicyclic) bond motifs is 3. The first kappa shape index (κ1) is 16.5. The highest BCUT2D eigenvalue weighted by Gasteiger charge is 2.28. The summed E-state index contributed by atoms with van der Waals surface area (Å²) in [5.41, 5.74) is 3.19. The van der Waals surface area contributed by atoms with Crippen LogP contribution in [0.5, 0.6) is 5.75 Å². The first-order valence-electron chi connectivity index (χ1n) is 9.51. The molecule has 2 aromatic carbocycles. The molecule has 1 aromatic heterocycles. The highest BCUT2D eigenvalue weighted by Crippen LogP contribution is 2.33. The number of rotatable bonds is 3. The molecule has 5 rings (SSSR count). The zero-order chi connectivity index (χ0) is 18.2. The minimum Gasteiger partial charge on any atom is -0.445 e. The van der Waals surface area contributed by atoms with E-state index in [1.165, 1.54) is 4.90 Å². The molecule has 2 aliphatic heterocycles. The molecule has 1 fully saturated rings. The Morgan fingerprint density at radius 2 is 2.00 bits per heavy atom. The van der Waals surface area contributed by atoms with Gasteiger partial charge in [-0.15, -0.1) is 0 Å². The molecule has 2 atom stereocenters. The average Bonchev–Trinajstić information content (AvgIpc) is 3.21. The molecule has 138 valence electrons. The molecule has 5 heteroatoms. The van der Waals surface area contributed by atoms with Gasteiger partial charge in [0.25, 0.3) is 0 Å². The molecular weight excluding hydrogens is 342 g/mol. The van der Waals surface area contributed by atoms with E-state index in [0.717, 1.165) is 60.4 Å². The van der Waals surface area contributed by atoms with Crippen LogP contribution >= 0.6 is 0 Å². The van der Waals surface area contributed by atoms with E-state index in [4.69, 9.17) is 13.9 Å². The van der Waals surface area contributed by atoms with Gasteiger partial charge >= 0.3 is 5.63 Å². The van der Waals surface area contributed by atoms with Crippen molar-refractivity contribution in [3.8, 4) is 16.9 Å². The third kappa shape index (κ3) is 3.13. The minimum atomic E-state index is -0.332. The molecule has 0 radical (unpaired) electrons. The zero-order valence-corrected chi connectivity index (χ0v) is 15.1. The summed E-state index contributed by atoms with van der Waals surface area (Å²) in [5, 5.41) is 0.946. The van der Waals surface area contributed by atoms with Gasteiger partial charge in [-0.05, 0) is 36.1 Å². The minimum absolute atomic E-state index is 0.298. The van der Waals surface area contributed by atoms with E-state index in [1.807, 2.05) is 42.5 Å². The fourth-order valence-corrected chi connectivity index (χ4v) is 4.16. The molecule has 3 heterocycles. The number of ether oxygens (including phenoxy) is 2. The number of quaternary nitrogens is 1. The molecule has 0 saturated carbocycles. The van der Waals surface area contributed by atoms with Crippen molar-refractivity contribution in [2.75, 3.05) is 19.9 Å². The van der Waals surface area contributed by atoms with E-state index in [0.29, 0.717) is 18.4 Å². The fourth-order valence-electron chi connectivity index (χ4n) is 4.16. The van der Waals surface area contributed by atoms with Crippen molar-refractivity contribution in [3.63, 3.8) is 0 Å². The number of nitrogens with one attached hydrogen (secondary N) is 1. The monoisotopic (exact) mass is 364 g/mol. The lowest BCUT2D eigenvalue weighted by atomic mass is 9.99. The Kier molecular flexibility index (Phi) is 4.19. The van der Waals surface area contributed by atoms with Crippen LogP contribution in [0, 0.1) is 0 Å². The van der Waals surface area contributed by atoms with Crippen molar-refractivity contribution < 1.29 is 18.8 Å². The predicted molar refractivity (Wildman–Crippen MR) is 102 cm³/mol. The maximum absolute atomic E-state index is 12.3. The third-order valence-electron chi connectivity index (χ3n) is 5.46. The van der Waals surface area contributed by atoms with Crippen molar-refractivity contribution in [3.05, 3.63) is 64.5 Å². The molecule has 1 N–H and O–H groups in total. The molecule has 27 heavy (non-hydrogen) atoms. The predicted octanol–water partition coefficient (Wildman–Crippen LogP) is 2.37. The Hall–Kier alpha value is -2.63. The van der Waals surface area contributed by atoms with Gasteiger partial charge in [0.2, 0.25) is 6.73 Å². The van der Waals surface area contributed by atoms with Gasteiger partial charge in [0.05, 0.1) is 5.56 Å². The van der Waals surface area contributed by atoms with Crippen LogP contribution in [0.2, 0.25) is 0 Å². The standard InChI is InChI=1S/C22H21NO4/c24-21-11-18(15-5-2-1-3-6-15)17-8-9-20-19(22(17)27-21)13-23(14-26-20)12-16-7-4-10-25-16/h1-3,5-6,8-9,11,16H,4,7,10,12-14H2/p+1/t16-/m1/s1. The summed E-state index contributed by atoms with van der Waals surface area (Å²) in [4.78, 5) is 13.6. The molecule has 0 aliphatic carbocycles. The molecule has 3 aromatic rings. The van der Waals surface area contributed by atoms with Gasteiger partial charge in [0.1, 0.15) is 24.9 Å². The molecule has 0 bridgehead atoms. The summed E-state index contributed by atoms with van der Waals surface area (Å²) in [6, 6.07) is 15.5. The van der Waals surface area contributed by atoms with Crippen molar-refractivity contribution in [1.29, 1.82) is 0 Å². The van der Waals surface area contributed by atoms with E-state index < -0.39 is 0 Å². The highest BCUT2D eigenvalue weighted by molar-refractivity contribution is 5.95. The first-order chi connectivity index (χ1) is 13.3. The van der Waals surface area contributed by atoms with Crippen LogP contribution < -0.4 is 15.3 Å². The van der Waals surface area contributed by atoms with Crippen LogP contribution in [0.4, 0.5) is 0 Å². The van der Waals surface area contributed by atoms with Gasteiger partial charge < -0.3 is 13.9 Å². The SMILES string of the molecule is O=c1cc(-c2ccccc2)c2ccc3c(c2o1)C[NH+](C[C@H]1CCCO1)CO3. The Labute approximate surface area is 157 Å². The van der Waals surface area contributed by atoms with Crippen LogP contribution in [-0.2, 0) is 11.3 Å². The highest BCUT2D eigenvalue weighted by atomic mass is 16.5. The average molecular weight is 364 g/mol. The van der Waals surface area contributed by atoms with Crippen LogP contribution in [0.15, 0.2) is 57.7 Å². The number of hydrogen-bond acceptors (Lipinski definition) is 4. The quantitative estimate of drug-likeness (QED) is 0.725. The first-order valence-corrected chi connectivity index (χ1v) is 9.51. The molecule has 1 saturated heterocycles. The second-order valence-electron chi connectivity index (χ2n) is 7.32. The zero-order valence-electron chi connectivity index (χ0n) is 15.1. The molecule has 1 unspecified atom stereocenters. The van der Waals surface area contributed by atoms with E-state index in [9.17, 15) is 4.79 Å². The second-order valence-corrected chi connectivity index (χ2v) is 7.32. The lowest BCUT2D eigenvalue weighted by molar-refractivity contribution is -0.935. The topological polar surface area (TPSA) is 53.1 Å². The Morgan fingerprint density at radius 1 is 1.11 bits per heavy atom. The largest absolute Gasteiger partial charge is 0.445 e. The van der Waals surface area contributed by atoms with Gasteiger partial charge in [-0.2, -0.15) is 0 Å². The van der Waals surface area contributed by atoms with Gasteiger partial charge in [-0.25, -0.2) is 4.79 Å². The normalized spacial score (nSPS) is 21.8. The van der Waals surface area contributed by atoms with Gasteiger partial charge in [0.15, 0.2) is 5.58 Å². The Bertz CT molecular complexity index is 1020. The lowest BCUT2D eigenvalue weighted by Gasteiger charge is -2.28. The van der Waals surface area contributed by atoms with Gasteiger partial charge in [0, 0.05) is 18.1 Å². The molecular formula is C22H22NO4+. The Morgan fingerprint density at radius 3 is 2.81 bits per heavy atom. The van der Waals surface area contributed by atoms with Crippen molar-refractivity contribution >= 4 is 11.0 Å². The Balaban J connectivity index is 1.57. The maximum Gasteiger partial charge on any atom is 0.336 e. The number of hydrogen-bond donors (Lipinski definition) is 1. The summed E-state index contributed by atoms with van der Waals surface area (Å²) in [5.74, 6) is 0.812. The molecule has 2 aliphatic rings. The van der Waals surface area contributed by atoms with Crippen LogP contribution in [-0.4, -0.2) is 26.0 Å². The second kappa shape index (κ2) is 6.83. The summed E-state index contributed by atoms with van der Waals surface area (Å²) >= 11 is 0. The summed E-state index contributed by atoms with van der Waals surface area (Å²) in [6.07, 6.45) is 2.54. The van der Waals surface area contributed by atoms with E-state index in [1.54, 1.807) is 6.07 Å². The lowest BCUT2D eigenvalue weighted by Crippen LogP contribution is -3.13. The van der Waals surface area contributed by atoms with Crippen LogP contribution in [0.1, 0.15) is 18.4 Å². The van der Waals surface area contributed by atoms with Gasteiger partial charge in [-0.3, -0.25) is 4.90 Å². The maximum atomic E-state index is 12.3. The smallest absolute Gasteiger partial charge is 0.336 e. The van der Waals surface area contributed by atoms with Crippen molar-refractivity contribution in [2.24, 2.45) is 0 Å². The van der Waals surface area contributed by atoms with Crippen molar-refractivity contribution in [1.82, 2.24) is 0 Å². The molecule has 5 nitrogen and oxygen atoms in total. The summed E-state index contributed by atoms with van der Waals surface area (Å²) in [6.45, 7) is 3.15. The van der Waals surface area contributed by atoms with Crippen LogP contribution in [0.3, 0.4) is 0 Å². The van der Waals surface area contributed by atoms with Crippen molar-refractivity contribution in [2.45, 2.75) is 25.5 Å². The van der Waals surface area contributed by atoms with E-state index >= 15 is 0 Å². The summed E-state index contributed by atoms with van der Waals surface area (Å²) < 4.78 is 17.4.